The summed E-state index contributed by atoms with van der Waals surface area (Å²) in [5.41, 5.74) is 3.49. The van der Waals surface area contributed by atoms with Crippen LogP contribution in [-0.2, 0) is 12.3 Å². The summed E-state index contributed by atoms with van der Waals surface area (Å²) in [6.07, 6.45) is 1.47. The van der Waals surface area contributed by atoms with E-state index in [4.69, 9.17) is 16.8 Å². The van der Waals surface area contributed by atoms with Gasteiger partial charge in [-0.1, -0.05) is 121 Å². The van der Waals surface area contributed by atoms with Gasteiger partial charge in [0.1, 0.15) is 22.3 Å². The normalized spacial score (nSPS) is 11.9. The summed E-state index contributed by atoms with van der Waals surface area (Å²) < 4.78 is 26.9. The molecular formula is C44H33NO4P2. The molecule has 0 fully saturated rings. The molecule has 2 heterocycles. The summed E-state index contributed by atoms with van der Waals surface area (Å²) in [5.74, 6) is 0. The summed E-state index contributed by atoms with van der Waals surface area (Å²) in [4.78, 5) is 0. The van der Waals surface area contributed by atoms with Crippen LogP contribution in [0, 0.1) is 0 Å². The van der Waals surface area contributed by atoms with E-state index in [9.17, 15) is 0 Å². The van der Waals surface area contributed by atoms with Crippen molar-refractivity contribution in [3.8, 4) is 0 Å². The Morgan fingerprint density at radius 2 is 0.608 bits per heavy atom. The van der Waals surface area contributed by atoms with Gasteiger partial charge < -0.3 is 22.1 Å². The zero-order valence-electron chi connectivity index (χ0n) is 27.7. The van der Waals surface area contributed by atoms with Crippen molar-refractivity contribution in [3.05, 3.63) is 146 Å². The fourth-order valence-electron chi connectivity index (χ4n) is 7.47. The van der Waals surface area contributed by atoms with E-state index >= 15 is 0 Å². The van der Waals surface area contributed by atoms with Crippen LogP contribution in [-0.4, -0.2) is 13.1 Å². The Balaban J connectivity index is 0.989. The standard InChI is InChI=1S/C44H33NO4P2/c1-5-13-33-29(9-1)17-21-37-41(33)42-34-14-6-2-10-30(34)18-22-38(42)47-50(46-37)27-25-45-26-28-51-48-39-23-19-31-11-3-7-15-35(31)43(39)44-36-16-8-4-12-32(36)20-24-40(44)49-51/h1-24,45H,25-28H2. The third-order valence-electron chi connectivity index (χ3n) is 9.81. The highest BCUT2D eigenvalue weighted by atomic mass is 31.1. The predicted molar refractivity (Wildman–Crippen MR) is 216 cm³/mol. The maximum Gasteiger partial charge on any atom is 0.217 e. The number of hydrogen-bond donors (Lipinski definition) is 1. The van der Waals surface area contributed by atoms with Crippen LogP contribution in [0.15, 0.2) is 162 Å². The second-order valence-corrected chi connectivity index (χ2v) is 15.8. The maximum atomic E-state index is 6.72. The first-order valence-electron chi connectivity index (χ1n) is 17.3. The minimum Gasteiger partial charge on any atom is -0.419 e. The minimum absolute atomic E-state index is 0.733. The highest BCUT2D eigenvalue weighted by molar-refractivity contribution is 7.36. The number of nitrogens with one attached hydrogen (secondary N) is 1. The van der Waals surface area contributed by atoms with Gasteiger partial charge in [0, 0.05) is 34.6 Å². The number of fused-ring (bicyclic) bond motifs is 14. The molecule has 0 bridgehead atoms. The van der Waals surface area contributed by atoms with Gasteiger partial charge in [0.2, 0.25) is 16.0 Å². The zero-order chi connectivity index (χ0) is 33.7. The van der Waals surface area contributed by atoms with Crippen LogP contribution in [0.25, 0.3) is 87.0 Å². The van der Waals surface area contributed by atoms with E-state index in [2.05, 4.69) is 151 Å². The highest BCUT2D eigenvalue weighted by Crippen LogP contribution is 2.43. The van der Waals surface area contributed by atoms with Gasteiger partial charge in [0.15, 0.2) is 0 Å². The molecule has 0 radical (unpaired) electrons. The number of rotatable bonds is 6. The van der Waals surface area contributed by atoms with Gasteiger partial charge in [-0.25, -0.2) is 0 Å². The lowest BCUT2D eigenvalue weighted by molar-refractivity contribution is 0.611. The SMILES string of the molecule is c1ccc2c(c1)ccc1op(CCNCCp3oc4ccc5ccccc5c4c4c(ccc5ccccc54)o3)oc3ccc4ccccc4c3c12. The Morgan fingerprint density at radius 3 is 0.902 bits per heavy atom. The Bertz CT molecular complexity index is 2640. The van der Waals surface area contributed by atoms with Crippen molar-refractivity contribution in [2.45, 2.75) is 12.3 Å². The first-order valence-corrected chi connectivity index (χ1v) is 20.1. The lowest BCUT2D eigenvalue weighted by Gasteiger charge is -2.05. The van der Waals surface area contributed by atoms with Crippen molar-refractivity contribution >= 4 is 103 Å². The molecule has 0 saturated heterocycles. The Hall–Kier alpha value is -5.44. The van der Waals surface area contributed by atoms with Crippen molar-refractivity contribution < 1.29 is 16.8 Å². The van der Waals surface area contributed by atoms with Gasteiger partial charge in [-0.2, -0.15) is 0 Å². The molecule has 0 spiro atoms. The predicted octanol–water partition coefficient (Wildman–Crippen LogP) is 13.8. The van der Waals surface area contributed by atoms with E-state index in [1.165, 1.54) is 43.1 Å². The molecule has 0 atom stereocenters. The van der Waals surface area contributed by atoms with Crippen molar-refractivity contribution in [2.24, 2.45) is 0 Å². The average molecular weight is 702 g/mol. The first kappa shape index (κ1) is 30.4. The fourth-order valence-corrected chi connectivity index (χ4v) is 10.1. The molecule has 7 heteroatoms. The van der Waals surface area contributed by atoms with Gasteiger partial charge in [0.05, 0.1) is 12.3 Å². The molecule has 1 N–H and O–H groups in total. The molecule has 5 nitrogen and oxygen atoms in total. The summed E-state index contributed by atoms with van der Waals surface area (Å²) >= 11 is 0. The van der Waals surface area contributed by atoms with Crippen LogP contribution in [0.2, 0.25) is 0 Å². The van der Waals surface area contributed by atoms with Crippen LogP contribution in [0.5, 0.6) is 0 Å². The summed E-state index contributed by atoms with van der Waals surface area (Å²) in [6, 6.07) is 51.0. The Labute approximate surface area is 295 Å². The molecule has 0 aliphatic carbocycles. The Kier molecular flexibility index (Phi) is 7.57. The van der Waals surface area contributed by atoms with Crippen LogP contribution >= 0.6 is 16.0 Å². The summed E-state index contributed by atoms with van der Waals surface area (Å²) in [7, 11) is -2.48. The fraction of sp³-hybridized carbons (Fsp3) is 0.0909. The monoisotopic (exact) mass is 701 g/mol. The van der Waals surface area contributed by atoms with Crippen LogP contribution < -0.4 is 5.32 Å². The van der Waals surface area contributed by atoms with Crippen molar-refractivity contribution in [2.75, 3.05) is 13.1 Å². The van der Waals surface area contributed by atoms with Gasteiger partial charge >= 0.3 is 0 Å². The van der Waals surface area contributed by atoms with Gasteiger partial charge in [-0.15, -0.1) is 0 Å². The molecule has 0 aliphatic rings. The van der Waals surface area contributed by atoms with E-state index < -0.39 is 16.0 Å². The topological polar surface area (TPSA) is 64.6 Å². The average Bonchev–Trinajstić information content (AvgIpc) is 3.45. The molecule has 0 unspecified atom stereocenters. The number of benzene rings is 8. The van der Waals surface area contributed by atoms with E-state index in [1.54, 1.807) is 0 Å². The number of hydrogen-bond acceptors (Lipinski definition) is 5. The van der Waals surface area contributed by atoms with Crippen molar-refractivity contribution in [3.63, 3.8) is 0 Å². The van der Waals surface area contributed by atoms with Gasteiger partial charge in [0.25, 0.3) is 0 Å². The van der Waals surface area contributed by atoms with E-state index in [1.807, 2.05) is 0 Å². The third kappa shape index (κ3) is 5.37. The first-order chi connectivity index (χ1) is 25.3. The van der Waals surface area contributed by atoms with Crippen LogP contribution in [0.1, 0.15) is 0 Å². The molecule has 0 aliphatic heterocycles. The van der Waals surface area contributed by atoms with Crippen LogP contribution in [0.3, 0.4) is 0 Å². The lowest BCUT2D eigenvalue weighted by Crippen LogP contribution is -2.17. The smallest absolute Gasteiger partial charge is 0.217 e. The second-order valence-electron chi connectivity index (χ2n) is 12.9. The summed E-state index contributed by atoms with van der Waals surface area (Å²) in [6.45, 7) is 1.48. The molecule has 2 aromatic heterocycles. The second kappa shape index (κ2) is 12.7. The molecule has 0 amide bonds. The summed E-state index contributed by atoms with van der Waals surface area (Å²) in [5, 5.41) is 17.5. The highest BCUT2D eigenvalue weighted by Gasteiger charge is 2.15. The van der Waals surface area contributed by atoms with Crippen molar-refractivity contribution in [1.29, 1.82) is 0 Å². The van der Waals surface area contributed by atoms with E-state index in [0.29, 0.717) is 0 Å². The third-order valence-corrected chi connectivity index (χ3v) is 12.6. The van der Waals surface area contributed by atoms with Gasteiger partial charge in [-0.05, 0) is 67.4 Å². The maximum absolute atomic E-state index is 6.72. The van der Waals surface area contributed by atoms with E-state index in [0.717, 1.165) is 69.3 Å². The largest absolute Gasteiger partial charge is 0.419 e. The molecule has 0 saturated carbocycles. The van der Waals surface area contributed by atoms with Gasteiger partial charge in [-0.3, -0.25) is 0 Å². The molecule has 51 heavy (non-hydrogen) atoms. The lowest BCUT2D eigenvalue weighted by atomic mass is 9.99. The Morgan fingerprint density at radius 1 is 0.333 bits per heavy atom. The quantitative estimate of drug-likeness (QED) is 0.175. The molecular weight excluding hydrogens is 668 g/mol. The zero-order valence-corrected chi connectivity index (χ0v) is 29.5. The van der Waals surface area contributed by atoms with Crippen LogP contribution in [0.4, 0.5) is 0 Å². The minimum atomic E-state index is -1.24. The molecule has 10 rings (SSSR count). The molecule has 8 aromatic carbocycles. The van der Waals surface area contributed by atoms with Crippen molar-refractivity contribution in [1.82, 2.24) is 5.32 Å². The molecule has 248 valence electrons. The molecule has 10 aromatic rings. The van der Waals surface area contributed by atoms with E-state index in [-0.39, 0.29) is 0 Å².